The second-order valence-electron chi connectivity index (χ2n) is 18.0. The molecule has 5 rings (SSSR count). The zero-order valence-corrected chi connectivity index (χ0v) is 42.5. The summed E-state index contributed by atoms with van der Waals surface area (Å²) in [5.74, 6) is -0.0609. The number of carbonyl (C=O) groups excluding carboxylic acids is 4. The molecule has 0 radical (unpaired) electrons. The van der Waals surface area contributed by atoms with Crippen LogP contribution < -0.4 is 28.4 Å². The first-order chi connectivity index (χ1) is 35.3. The normalized spacial score (nSPS) is 11.1. The first-order valence-electron chi connectivity index (χ1n) is 26.3. The van der Waals surface area contributed by atoms with Crippen molar-refractivity contribution in [2.45, 2.75) is 142 Å². The highest BCUT2D eigenvalue weighted by Gasteiger charge is 2.14. The van der Waals surface area contributed by atoms with E-state index in [1.807, 2.05) is 48.5 Å². The topological polar surface area (TPSA) is 124 Å². The molecule has 0 N–H and O–H groups in total. The number of hydrogen-bond donors (Lipinski definition) is 0. The summed E-state index contributed by atoms with van der Waals surface area (Å²) >= 11 is 0. The van der Waals surface area contributed by atoms with E-state index in [0.29, 0.717) is 13.2 Å². The van der Waals surface area contributed by atoms with Gasteiger partial charge in [0.05, 0.1) is 24.3 Å². The van der Waals surface area contributed by atoms with Gasteiger partial charge in [0.1, 0.15) is 34.5 Å². The molecule has 0 aromatic heterocycles. The van der Waals surface area contributed by atoms with Crippen LogP contribution in [0.25, 0.3) is 12.2 Å². The van der Waals surface area contributed by atoms with Crippen molar-refractivity contribution >= 4 is 36.0 Å². The van der Waals surface area contributed by atoms with Gasteiger partial charge in [-0.1, -0.05) is 160 Å². The second kappa shape index (κ2) is 33.6. The lowest BCUT2D eigenvalue weighted by molar-refractivity contribution is -0.129. The Morgan fingerprint density at radius 1 is 0.347 bits per heavy atom. The molecule has 5 aromatic carbocycles. The SMILES string of the molecule is CCCCCCCCCCCCOc1ccc(/C=C/C(=O)Oc2ccc(C(=O)Oc3cccc(OC(=O)c4ccc(OC(=O)/C=C/c5ccc(OCCCCCCCCCCCC)cc5)cc4)c3)cc2)cc1. The maximum Gasteiger partial charge on any atom is 0.343 e. The summed E-state index contributed by atoms with van der Waals surface area (Å²) in [4.78, 5) is 51.0. The number of carbonyl (C=O) groups is 4. The highest BCUT2D eigenvalue weighted by molar-refractivity contribution is 5.93. The van der Waals surface area contributed by atoms with E-state index in [4.69, 9.17) is 28.4 Å². The average molecular weight is 979 g/mol. The van der Waals surface area contributed by atoms with Crippen LogP contribution in [0, 0.1) is 0 Å². The molecule has 10 heteroatoms. The molecule has 382 valence electrons. The van der Waals surface area contributed by atoms with E-state index in [1.165, 1.54) is 182 Å². The van der Waals surface area contributed by atoms with Crippen LogP contribution in [0.2, 0.25) is 0 Å². The van der Waals surface area contributed by atoms with Crippen molar-refractivity contribution in [3.05, 3.63) is 156 Å². The van der Waals surface area contributed by atoms with E-state index >= 15 is 0 Å². The van der Waals surface area contributed by atoms with Gasteiger partial charge in [0, 0.05) is 18.2 Å². The van der Waals surface area contributed by atoms with Crippen LogP contribution in [0.15, 0.2) is 133 Å². The zero-order chi connectivity index (χ0) is 50.9. The van der Waals surface area contributed by atoms with Gasteiger partial charge in [0.25, 0.3) is 0 Å². The Hall–Kier alpha value is -6.94. The van der Waals surface area contributed by atoms with E-state index in [9.17, 15) is 19.2 Å². The lowest BCUT2D eigenvalue weighted by Gasteiger charge is -2.08. The third kappa shape index (κ3) is 22.9. The molecule has 5 aromatic rings. The number of esters is 4. The average Bonchev–Trinajstić information content (AvgIpc) is 3.39. The fourth-order valence-corrected chi connectivity index (χ4v) is 7.79. The van der Waals surface area contributed by atoms with E-state index in [2.05, 4.69) is 13.8 Å². The van der Waals surface area contributed by atoms with Crippen molar-refractivity contribution in [3.8, 4) is 34.5 Å². The molecule has 0 aliphatic carbocycles. The summed E-state index contributed by atoms with van der Waals surface area (Å²) in [6.45, 7) is 5.87. The number of unbranched alkanes of at least 4 members (excludes halogenated alkanes) is 18. The summed E-state index contributed by atoms with van der Waals surface area (Å²) in [6, 6.07) is 33.1. The molecule has 0 bridgehead atoms. The fraction of sp³-hybridized carbons (Fsp3) is 0.387. The van der Waals surface area contributed by atoms with Crippen molar-refractivity contribution in [1.82, 2.24) is 0 Å². The van der Waals surface area contributed by atoms with Gasteiger partial charge in [-0.05, 0) is 121 Å². The highest BCUT2D eigenvalue weighted by atomic mass is 16.6. The zero-order valence-electron chi connectivity index (χ0n) is 42.5. The minimum Gasteiger partial charge on any atom is -0.494 e. The summed E-state index contributed by atoms with van der Waals surface area (Å²) in [6.07, 6.45) is 31.6. The first-order valence-corrected chi connectivity index (χ1v) is 26.3. The van der Waals surface area contributed by atoms with Gasteiger partial charge in [-0.15, -0.1) is 0 Å². The lowest BCUT2D eigenvalue weighted by Crippen LogP contribution is -2.10. The number of rotatable bonds is 34. The maximum atomic E-state index is 13.0. The summed E-state index contributed by atoms with van der Waals surface area (Å²) in [7, 11) is 0. The van der Waals surface area contributed by atoms with Crippen LogP contribution in [0.3, 0.4) is 0 Å². The van der Waals surface area contributed by atoms with Crippen LogP contribution in [-0.4, -0.2) is 37.1 Å². The Morgan fingerprint density at radius 3 is 1.01 bits per heavy atom. The second-order valence-corrected chi connectivity index (χ2v) is 18.0. The molecule has 0 aliphatic rings. The Bertz CT molecular complexity index is 2230. The van der Waals surface area contributed by atoms with Crippen molar-refractivity contribution < 1.29 is 47.6 Å². The highest BCUT2D eigenvalue weighted by Crippen LogP contribution is 2.24. The Morgan fingerprint density at radius 2 is 0.667 bits per heavy atom. The van der Waals surface area contributed by atoms with E-state index in [-0.39, 0.29) is 34.1 Å². The van der Waals surface area contributed by atoms with Crippen molar-refractivity contribution in [1.29, 1.82) is 0 Å². The minimum absolute atomic E-state index is 0.152. The van der Waals surface area contributed by atoms with Crippen molar-refractivity contribution in [3.63, 3.8) is 0 Å². The van der Waals surface area contributed by atoms with Crippen LogP contribution in [0.1, 0.15) is 174 Å². The van der Waals surface area contributed by atoms with Gasteiger partial charge in [0.2, 0.25) is 0 Å². The molecule has 0 saturated heterocycles. The van der Waals surface area contributed by atoms with Gasteiger partial charge in [-0.2, -0.15) is 0 Å². The van der Waals surface area contributed by atoms with Gasteiger partial charge < -0.3 is 28.4 Å². The smallest absolute Gasteiger partial charge is 0.343 e. The quantitative estimate of drug-likeness (QED) is 0.0170. The Balaban J connectivity index is 0.956. The molecule has 0 unspecified atom stereocenters. The summed E-state index contributed by atoms with van der Waals surface area (Å²) < 4.78 is 33.7. The largest absolute Gasteiger partial charge is 0.494 e. The summed E-state index contributed by atoms with van der Waals surface area (Å²) in [5.41, 5.74) is 2.08. The summed E-state index contributed by atoms with van der Waals surface area (Å²) in [5, 5.41) is 0. The van der Waals surface area contributed by atoms with E-state index in [0.717, 1.165) is 35.5 Å². The van der Waals surface area contributed by atoms with E-state index < -0.39 is 23.9 Å². The molecule has 72 heavy (non-hydrogen) atoms. The predicted octanol–water partition coefficient (Wildman–Crippen LogP) is 16.0. The number of benzene rings is 5. The molecule has 0 heterocycles. The maximum absolute atomic E-state index is 13.0. The first kappa shape index (κ1) is 56.0. The molecule has 0 aliphatic heterocycles. The predicted molar refractivity (Wildman–Crippen MR) is 286 cm³/mol. The van der Waals surface area contributed by atoms with Crippen molar-refractivity contribution in [2.75, 3.05) is 13.2 Å². The third-order valence-corrected chi connectivity index (χ3v) is 12.0. The minimum atomic E-state index is -0.662. The standard InChI is InChI=1S/C62H74O10/c1-3-5-7-9-11-13-15-17-19-21-46-67-53-36-26-49(27-37-53)30-44-59(63)69-55-40-32-51(33-41-55)61(65)71-57-24-23-25-58(48-57)72-62(66)52-34-42-56(43-35-52)70-60(64)45-31-50-28-38-54(39-29-50)68-47-22-20-18-16-14-12-10-8-6-4-2/h23-45,48H,3-22,46-47H2,1-2H3/b44-30+,45-31+. The molecular formula is C62H74O10. The van der Waals surface area contributed by atoms with Crippen molar-refractivity contribution in [2.24, 2.45) is 0 Å². The third-order valence-electron chi connectivity index (χ3n) is 12.0. The molecule has 0 atom stereocenters. The van der Waals surface area contributed by atoms with Gasteiger partial charge in [0.15, 0.2) is 0 Å². The van der Waals surface area contributed by atoms with Crippen LogP contribution in [0.5, 0.6) is 34.5 Å². The molecule has 0 amide bonds. The van der Waals surface area contributed by atoms with Gasteiger partial charge in [-0.25, -0.2) is 19.2 Å². The molecule has 0 fully saturated rings. The van der Waals surface area contributed by atoms with Gasteiger partial charge in [-0.3, -0.25) is 0 Å². The number of ether oxygens (including phenoxy) is 6. The van der Waals surface area contributed by atoms with Gasteiger partial charge >= 0.3 is 23.9 Å². The molecule has 0 spiro atoms. The Labute approximate surface area is 427 Å². The Kier molecular flexibility index (Phi) is 26.1. The molecular weight excluding hydrogens is 905 g/mol. The van der Waals surface area contributed by atoms with Crippen LogP contribution in [0.4, 0.5) is 0 Å². The fourth-order valence-electron chi connectivity index (χ4n) is 7.79. The van der Waals surface area contributed by atoms with E-state index in [1.54, 1.807) is 30.4 Å². The lowest BCUT2D eigenvalue weighted by atomic mass is 10.1. The van der Waals surface area contributed by atoms with Crippen LogP contribution in [-0.2, 0) is 9.59 Å². The monoisotopic (exact) mass is 979 g/mol. The number of hydrogen-bond acceptors (Lipinski definition) is 10. The molecule has 0 saturated carbocycles. The van der Waals surface area contributed by atoms with Crippen LogP contribution >= 0.6 is 0 Å². The molecule has 10 nitrogen and oxygen atoms in total.